The molecule has 0 N–H and O–H groups in total. The van der Waals surface area contributed by atoms with Crippen molar-refractivity contribution in [3.05, 3.63) is 33.9 Å². The molecule has 1 aliphatic carbocycles. The van der Waals surface area contributed by atoms with E-state index in [1.54, 1.807) is 6.07 Å². The molecular formula is C17H20N2O6. The van der Waals surface area contributed by atoms with E-state index in [4.69, 9.17) is 9.47 Å². The van der Waals surface area contributed by atoms with Gasteiger partial charge in [-0.3, -0.25) is 14.9 Å². The van der Waals surface area contributed by atoms with E-state index in [1.165, 1.54) is 12.1 Å². The van der Waals surface area contributed by atoms with E-state index in [0.29, 0.717) is 44.8 Å². The van der Waals surface area contributed by atoms with Gasteiger partial charge in [0, 0.05) is 25.6 Å². The van der Waals surface area contributed by atoms with Gasteiger partial charge in [-0.05, 0) is 31.4 Å². The molecule has 0 amide bonds. The van der Waals surface area contributed by atoms with Crippen LogP contribution in [0, 0.1) is 10.1 Å². The van der Waals surface area contributed by atoms with E-state index in [9.17, 15) is 19.7 Å². The lowest BCUT2D eigenvalue weighted by Crippen LogP contribution is -2.36. The number of Topliss-reactive ketones (excluding diaryl/α,β-unsaturated/α-hetero) is 1. The Balaban J connectivity index is 1.79. The number of carbonyl (C=O) groups is 2. The molecule has 1 unspecified atom stereocenters. The Kier molecular flexibility index (Phi) is 5.28. The standard InChI is InChI=1S/C17H20N2O6/c20-15-3-1-2-4-16(15)25-17(21)12-5-6-13(14(11-12)19(22)23)18-7-9-24-10-8-18/h5-6,11,16H,1-4,7-10H2. The van der Waals surface area contributed by atoms with Crippen LogP contribution >= 0.6 is 0 Å². The minimum absolute atomic E-state index is 0.0842. The van der Waals surface area contributed by atoms with Crippen molar-refractivity contribution in [1.82, 2.24) is 0 Å². The van der Waals surface area contributed by atoms with Crippen LogP contribution in [0.4, 0.5) is 11.4 Å². The summed E-state index contributed by atoms with van der Waals surface area (Å²) in [6, 6.07) is 4.29. The second kappa shape index (κ2) is 7.60. The zero-order valence-corrected chi connectivity index (χ0v) is 13.8. The molecule has 134 valence electrons. The Hall–Kier alpha value is -2.48. The number of nitro groups is 1. The van der Waals surface area contributed by atoms with Crippen molar-refractivity contribution >= 4 is 23.1 Å². The summed E-state index contributed by atoms with van der Waals surface area (Å²) in [6.07, 6.45) is 1.83. The van der Waals surface area contributed by atoms with Gasteiger partial charge in [0.05, 0.1) is 23.7 Å². The van der Waals surface area contributed by atoms with Crippen LogP contribution in [0.1, 0.15) is 36.0 Å². The van der Waals surface area contributed by atoms with E-state index in [2.05, 4.69) is 0 Å². The highest BCUT2D eigenvalue weighted by molar-refractivity contribution is 5.94. The van der Waals surface area contributed by atoms with Crippen molar-refractivity contribution in [3.8, 4) is 0 Å². The highest BCUT2D eigenvalue weighted by Crippen LogP contribution is 2.30. The second-order valence-corrected chi connectivity index (χ2v) is 6.17. The third kappa shape index (κ3) is 3.96. The first-order valence-corrected chi connectivity index (χ1v) is 8.41. The maximum Gasteiger partial charge on any atom is 0.339 e. The molecule has 1 aromatic rings. The number of benzene rings is 1. The first-order valence-electron chi connectivity index (χ1n) is 8.41. The highest BCUT2D eigenvalue weighted by Gasteiger charge is 2.28. The molecule has 8 heteroatoms. The third-order valence-electron chi connectivity index (χ3n) is 4.51. The fourth-order valence-electron chi connectivity index (χ4n) is 3.14. The summed E-state index contributed by atoms with van der Waals surface area (Å²) in [7, 11) is 0. The SMILES string of the molecule is O=C(OC1CCCCC1=O)c1ccc(N2CCOCC2)c([N+](=O)[O-])c1. The number of carbonyl (C=O) groups excluding carboxylic acids is 2. The average Bonchev–Trinajstić information content (AvgIpc) is 2.63. The number of hydrogen-bond acceptors (Lipinski definition) is 7. The van der Waals surface area contributed by atoms with Crippen LogP contribution in [0.3, 0.4) is 0 Å². The zero-order valence-electron chi connectivity index (χ0n) is 13.8. The van der Waals surface area contributed by atoms with Gasteiger partial charge < -0.3 is 14.4 Å². The van der Waals surface area contributed by atoms with Gasteiger partial charge in [0.1, 0.15) is 5.69 Å². The Morgan fingerprint density at radius 2 is 2.04 bits per heavy atom. The van der Waals surface area contributed by atoms with Crippen molar-refractivity contribution in [2.24, 2.45) is 0 Å². The number of morpholine rings is 1. The van der Waals surface area contributed by atoms with Crippen LogP contribution < -0.4 is 4.90 Å². The minimum Gasteiger partial charge on any atom is -0.451 e. The minimum atomic E-state index is -0.737. The van der Waals surface area contributed by atoms with Gasteiger partial charge >= 0.3 is 5.97 Å². The molecule has 0 bridgehead atoms. The van der Waals surface area contributed by atoms with E-state index < -0.39 is 17.0 Å². The molecule has 1 saturated heterocycles. The molecule has 1 heterocycles. The van der Waals surface area contributed by atoms with Crippen LogP contribution in [0.5, 0.6) is 0 Å². The summed E-state index contributed by atoms with van der Waals surface area (Å²) in [6.45, 7) is 2.12. The molecule has 1 aliphatic heterocycles. The Labute approximate surface area is 144 Å². The number of rotatable bonds is 4. The number of ether oxygens (including phenoxy) is 2. The smallest absolute Gasteiger partial charge is 0.339 e. The third-order valence-corrected chi connectivity index (χ3v) is 4.51. The van der Waals surface area contributed by atoms with E-state index >= 15 is 0 Å². The summed E-state index contributed by atoms with van der Waals surface area (Å²) < 4.78 is 10.5. The Morgan fingerprint density at radius 3 is 2.72 bits per heavy atom. The van der Waals surface area contributed by atoms with Crippen molar-refractivity contribution in [2.75, 3.05) is 31.2 Å². The van der Waals surface area contributed by atoms with Crippen LogP contribution in [0.15, 0.2) is 18.2 Å². The van der Waals surface area contributed by atoms with Gasteiger partial charge in [-0.15, -0.1) is 0 Å². The molecule has 2 fully saturated rings. The van der Waals surface area contributed by atoms with Gasteiger partial charge in [0.25, 0.3) is 5.69 Å². The average molecular weight is 348 g/mol. The van der Waals surface area contributed by atoms with E-state index in [-0.39, 0.29) is 17.0 Å². The van der Waals surface area contributed by atoms with Gasteiger partial charge in [-0.25, -0.2) is 4.79 Å². The summed E-state index contributed by atoms with van der Waals surface area (Å²) in [5, 5.41) is 11.4. The number of nitro benzene ring substituents is 1. The van der Waals surface area contributed by atoms with Crippen molar-refractivity contribution < 1.29 is 24.0 Å². The second-order valence-electron chi connectivity index (χ2n) is 6.17. The molecule has 8 nitrogen and oxygen atoms in total. The largest absolute Gasteiger partial charge is 0.451 e. The Bertz CT molecular complexity index is 684. The summed E-state index contributed by atoms with van der Waals surface area (Å²) >= 11 is 0. The maximum atomic E-state index is 12.3. The van der Waals surface area contributed by atoms with E-state index in [0.717, 1.165) is 12.8 Å². The quantitative estimate of drug-likeness (QED) is 0.467. The van der Waals surface area contributed by atoms with Gasteiger partial charge in [0.15, 0.2) is 11.9 Å². The van der Waals surface area contributed by atoms with Crippen molar-refractivity contribution in [1.29, 1.82) is 0 Å². The molecule has 1 aromatic carbocycles. The normalized spacial score (nSPS) is 21.0. The number of ketones is 1. The lowest BCUT2D eigenvalue weighted by atomic mass is 9.96. The molecular weight excluding hydrogens is 328 g/mol. The highest BCUT2D eigenvalue weighted by atomic mass is 16.6. The molecule has 2 aliphatic rings. The summed E-state index contributed by atoms with van der Waals surface area (Å²) in [5.41, 5.74) is 0.395. The van der Waals surface area contributed by atoms with Crippen LogP contribution in [0.2, 0.25) is 0 Å². The number of nitrogens with zero attached hydrogens (tertiary/aromatic N) is 2. The van der Waals surface area contributed by atoms with Crippen molar-refractivity contribution in [3.63, 3.8) is 0 Å². The van der Waals surface area contributed by atoms with Gasteiger partial charge in [0.2, 0.25) is 0 Å². The van der Waals surface area contributed by atoms with Crippen LogP contribution in [-0.4, -0.2) is 49.1 Å². The van der Waals surface area contributed by atoms with Gasteiger partial charge in [-0.2, -0.15) is 0 Å². The summed E-state index contributed by atoms with van der Waals surface area (Å²) in [4.78, 5) is 36.9. The monoisotopic (exact) mass is 348 g/mol. The predicted octanol–water partition coefficient (Wildman–Crippen LogP) is 2.10. The van der Waals surface area contributed by atoms with Crippen molar-refractivity contribution in [2.45, 2.75) is 31.8 Å². The Morgan fingerprint density at radius 1 is 1.28 bits per heavy atom. The lowest BCUT2D eigenvalue weighted by Gasteiger charge is -2.28. The molecule has 0 radical (unpaired) electrons. The molecule has 0 spiro atoms. The zero-order chi connectivity index (χ0) is 17.8. The van der Waals surface area contributed by atoms with E-state index in [1.807, 2.05) is 4.90 Å². The maximum absolute atomic E-state index is 12.3. The number of anilines is 1. The fraction of sp³-hybridized carbons (Fsp3) is 0.529. The van der Waals surface area contributed by atoms with Gasteiger partial charge in [-0.1, -0.05) is 0 Å². The molecule has 25 heavy (non-hydrogen) atoms. The topological polar surface area (TPSA) is 99.0 Å². The number of hydrogen-bond donors (Lipinski definition) is 0. The lowest BCUT2D eigenvalue weighted by molar-refractivity contribution is -0.384. The first-order chi connectivity index (χ1) is 12.1. The molecule has 3 rings (SSSR count). The first kappa shape index (κ1) is 17.3. The number of esters is 1. The summed E-state index contributed by atoms with van der Waals surface area (Å²) in [5.74, 6) is -0.782. The molecule has 0 aromatic heterocycles. The van der Waals surface area contributed by atoms with Crippen LogP contribution in [0.25, 0.3) is 0 Å². The molecule has 1 saturated carbocycles. The predicted molar refractivity (Wildman–Crippen MR) is 88.8 cm³/mol. The fourth-order valence-corrected chi connectivity index (χ4v) is 3.14. The molecule has 1 atom stereocenters. The van der Waals surface area contributed by atoms with Crippen LogP contribution in [-0.2, 0) is 14.3 Å².